The van der Waals surface area contributed by atoms with Crippen molar-refractivity contribution in [1.82, 2.24) is 4.98 Å². The lowest BCUT2D eigenvalue weighted by molar-refractivity contribution is -0.120. The van der Waals surface area contributed by atoms with Crippen LogP contribution in [-0.4, -0.2) is 11.5 Å². The number of rotatable bonds is 3. The number of pyridine rings is 1. The largest absolute Gasteiger partial charge is 0.429 e. The first-order valence-electron chi connectivity index (χ1n) is 4.92. The highest BCUT2D eigenvalue weighted by Gasteiger charge is 2.02. The van der Waals surface area contributed by atoms with Crippen LogP contribution >= 0.6 is 0 Å². The lowest BCUT2D eigenvalue weighted by Gasteiger charge is -2.05. The van der Waals surface area contributed by atoms with E-state index in [0.29, 0.717) is 12.2 Å². The summed E-state index contributed by atoms with van der Waals surface area (Å²) in [5.74, 6) is 0.550. The molecule has 0 fully saturated rings. The van der Waals surface area contributed by atoms with E-state index in [1.165, 1.54) is 0 Å². The molecule has 0 radical (unpaired) electrons. The van der Waals surface area contributed by atoms with Gasteiger partial charge in [0.15, 0.2) is 0 Å². The van der Waals surface area contributed by atoms with Gasteiger partial charge in [-0.05, 0) is 36.2 Å². The Morgan fingerprint density at radius 3 is 2.81 bits per heavy atom. The van der Waals surface area contributed by atoms with Gasteiger partial charge in [-0.1, -0.05) is 12.1 Å². The minimum atomic E-state index is 0.432. The van der Waals surface area contributed by atoms with Crippen LogP contribution < -0.4 is 4.74 Å². The SMILES string of the molecule is Cc1cc(OC=O)cc(-c2cccnc2)c1. The average Bonchev–Trinajstić information content (AvgIpc) is 2.30. The molecule has 0 bridgehead atoms. The molecule has 2 aromatic rings. The Hall–Kier alpha value is -2.16. The quantitative estimate of drug-likeness (QED) is 0.735. The van der Waals surface area contributed by atoms with Gasteiger partial charge in [-0.3, -0.25) is 9.78 Å². The van der Waals surface area contributed by atoms with E-state index >= 15 is 0 Å². The molecule has 0 saturated carbocycles. The topological polar surface area (TPSA) is 39.2 Å². The molecule has 2 rings (SSSR count). The zero-order valence-corrected chi connectivity index (χ0v) is 8.88. The summed E-state index contributed by atoms with van der Waals surface area (Å²) in [6.45, 7) is 2.39. The second-order valence-electron chi connectivity index (χ2n) is 3.49. The van der Waals surface area contributed by atoms with Gasteiger partial charge in [-0.2, -0.15) is 0 Å². The molecule has 1 aromatic heterocycles. The highest BCUT2D eigenvalue weighted by Crippen LogP contribution is 2.24. The average molecular weight is 213 g/mol. The molecule has 16 heavy (non-hydrogen) atoms. The Morgan fingerprint density at radius 2 is 2.12 bits per heavy atom. The summed E-state index contributed by atoms with van der Waals surface area (Å²) < 4.78 is 4.85. The van der Waals surface area contributed by atoms with Crippen molar-refractivity contribution in [2.45, 2.75) is 6.92 Å². The van der Waals surface area contributed by atoms with Crippen LogP contribution in [0, 0.1) is 6.92 Å². The van der Waals surface area contributed by atoms with Gasteiger partial charge in [0.1, 0.15) is 5.75 Å². The molecule has 0 amide bonds. The molecule has 0 aliphatic carbocycles. The lowest BCUT2D eigenvalue weighted by Crippen LogP contribution is -1.90. The van der Waals surface area contributed by atoms with E-state index in [4.69, 9.17) is 4.74 Å². The Labute approximate surface area is 93.7 Å². The standard InChI is InChI=1S/C13H11NO2/c1-10-5-12(7-13(6-10)16-9-15)11-3-2-4-14-8-11/h2-9H,1H3. The van der Waals surface area contributed by atoms with E-state index in [0.717, 1.165) is 16.7 Å². The minimum Gasteiger partial charge on any atom is -0.429 e. The number of ether oxygens (including phenoxy) is 1. The van der Waals surface area contributed by atoms with Crippen molar-refractivity contribution in [3.05, 3.63) is 48.3 Å². The molecule has 0 aliphatic rings. The molecule has 0 spiro atoms. The van der Waals surface area contributed by atoms with E-state index in [-0.39, 0.29) is 0 Å². The van der Waals surface area contributed by atoms with Crippen LogP contribution in [0.5, 0.6) is 5.75 Å². The predicted molar refractivity (Wildman–Crippen MR) is 61.1 cm³/mol. The van der Waals surface area contributed by atoms with Crippen molar-refractivity contribution in [2.24, 2.45) is 0 Å². The zero-order valence-electron chi connectivity index (χ0n) is 8.88. The fourth-order valence-electron chi connectivity index (χ4n) is 1.57. The maximum absolute atomic E-state index is 10.3. The van der Waals surface area contributed by atoms with E-state index < -0.39 is 0 Å². The molecule has 3 nitrogen and oxygen atoms in total. The van der Waals surface area contributed by atoms with Crippen LogP contribution in [0.1, 0.15) is 5.56 Å². The van der Waals surface area contributed by atoms with Crippen molar-refractivity contribution >= 4 is 6.47 Å². The van der Waals surface area contributed by atoms with Crippen LogP contribution in [-0.2, 0) is 4.79 Å². The molecule has 0 unspecified atom stereocenters. The summed E-state index contributed by atoms with van der Waals surface area (Å²) in [5, 5.41) is 0. The molecular formula is C13H11NO2. The summed E-state index contributed by atoms with van der Waals surface area (Å²) >= 11 is 0. The van der Waals surface area contributed by atoms with Crippen molar-refractivity contribution in [1.29, 1.82) is 0 Å². The van der Waals surface area contributed by atoms with Crippen LogP contribution in [0.4, 0.5) is 0 Å². The van der Waals surface area contributed by atoms with Gasteiger partial charge in [-0.15, -0.1) is 0 Å². The Morgan fingerprint density at radius 1 is 1.25 bits per heavy atom. The molecule has 80 valence electrons. The summed E-state index contributed by atoms with van der Waals surface area (Å²) in [6, 6.07) is 9.49. The maximum Gasteiger partial charge on any atom is 0.298 e. The third kappa shape index (κ3) is 2.25. The van der Waals surface area contributed by atoms with Gasteiger partial charge in [0.05, 0.1) is 0 Å². The normalized spacial score (nSPS) is 9.81. The Balaban J connectivity index is 2.45. The van der Waals surface area contributed by atoms with Crippen LogP contribution in [0.25, 0.3) is 11.1 Å². The molecule has 0 atom stereocenters. The van der Waals surface area contributed by atoms with E-state index in [1.807, 2.05) is 37.3 Å². The fraction of sp³-hybridized carbons (Fsp3) is 0.0769. The maximum atomic E-state index is 10.3. The number of hydrogen-bond donors (Lipinski definition) is 0. The van der Waals surface area contributed by atoms with Gasteiger partial charge >= 0.3 is 0 Å². The van der Waals surface area contributed by atoms with Gasteiger partial charge in [0.2, 0.25) is 0 Å². The monoisotopic (exact) mass is 213 g/mol. The molecule has 3 heteroatoms. The summed E-state index contributed by atoms with van der Waals surface area (Å²) in [7, 11) is 0. The first kappa shape index (κ1) is 10.4. The van der Waals surface area contributed by atoms with Gasteiger partial charge in [0.25, 0.3) is 6.47 Å². The minimum absolute atomic E-state index is 0.432. The van der Waals surface area contributed by atoms with Crippen molar-refractivity contribution in [2.75, 3.05) is 0 Å². The lowest BCUT2D eigenvalue weighted by atomic mass is 10.1. The van der Waals surface area contributed by atoms with E-state index in [9.17, 15) is 4.79 Å². The van der Waals surface area contributed by atoms with Gasteiger partial charge < -0.3 is 4.74 Å². The number of aryl methyl sites for hydroxylation is 1. The van der Waals surface area contributed by atoms with Crippen molar-refractivity contribution in [3.8, 4) is 16.9 Å². The van der Waals surface area contributed by atoms with E-state index in [2.05, 4.69) is 4.98 Å². The number of hydrogen-bond acceptors (Lipinski definition) is 3. The molecular weight excluding hydrogens is 202 g/mol. The van der Waals surface area contributed by atoms with E-state index in [1.54, 1.807) is 12.4 Å². The first-order valence-corrected chi connectivity index (χ1v) is 4.92. The van der Waals surface area contributed by atoms with Gasteiger partial charge in [0, 0.05) is 18.0 Å². The molecule has 0 saturated heterocycles. The molecule has 0 aliphatic heterocycles. The number of nitrogens with zero attached hydrogens (tertiary/aromatic N) is 1. The number of aromatic nitrogens is 1. The van der Waals surface area contributed by atoms with Crippen LogP contribution in [0.2, 0.25) is 0 Å². The van der Waals surface area contributed by atoms with Crippen molar-refractivity contribution in [3.63, 3.8) is 0 Å². The van der Waals surface area contributed by atoms with Gasteiger partial charge in [-0.25, -0.2) is 0 Å². The first-order chi connectivity index (χ1) is 7.79. The summed E-state index contributed by atoms with van der Waals surface area (Å²) in [6.07, 6.45) is 3.50. The Kier molecular flexibility index (Phi) is 2.96. The number of carbonyl (C=O) groups excluding carboxylic acids is 1. The number of benzene rings is 1. The zero-order chi connectivity index (χ0) is 11.4. The molecule has 1 aromatic carbocycles. The highest BCUT2D eigenvalue weighted by atomic mass is 16.5. The number of carbonyl (C=O) groups is 1. The highest BCUT2D eigenvalue weighted by molar-refractivity contribution is 5.66. The van der Waals surface area contributed by atoms with Crippen LogP contribution in [0.15, 0.2) is 42.7 Å². The Bertz CT molecular complexity index is 495. The third-order valence-corrected chi connectivity index (χ3v) is 2.23. The third-order valence-electron chi connectivity index (χ3n) is 2.23. The smallest absolute Gasteiger partial charge is 0.298 e. The summed E-state index contributed by atoms with van der Waals surface area (Å²) in [5.41, 5.74) is 3.03. The summed E-state index contributed by atoms with van der Waals surface area (Å²) in [4.78, 5) is 14.4. The van der Waals surface area contributed by atoms with Crippen LogP contribution in [0.3, 0.4) is 0 Å². The molecule has 1 heterocycles. The second-order valence-corrected chi connectivity index (χ2v) is 3.49. The van der Waals surface area contributed by atoms with Crippen molar-refractivity contribution < 1.29 is 9.53 Å². The predicted octanol–water partition coefficient (Wildman–Crippen LogP) is 2.59. The second kappa shape index (κ2) is 4.57. The fourth-order valence-corrected chi connectivity index (χ4v) is 1.57. The molecule has 0 N–H and O–H groups in total.